The zero-order chi connectivity index (χ0) is 26.8. The SMILES string of the molecule is CCCNC(=O)CN1C(=O)CS[C@@H](c2sccc2C)c2c(-c3ccccc3)nn(-c3ccc(C)cc3C)c21. The van der Waals surface area contributed by atoms with E-state index in [9.17, 15) is 9.59 Å². The number of amides is 2. The number of hydrogen-bond acceptors (Lipinski definition) is 5. The van der Waals surface area contributed by atoms with Crippen LogP contribution < -0.4 is 10.2 Å². The number of aromatic nitrogens is 2. The number of thiophene rings is 1. The monoisotopic (exact) mass is 544 g/mol. The molecule has 2 amide bonds. The van der Waals surface area contributed by atoms with Crippen LogP contribution in [-0.2, 0) is 9.59 Å². The smallest absolute Gasteiger partial charge is 0.240 e. The minimum atomic E-state index is -0.170. The summed E-state index contributed by atoms with van der Waals surface area (Å²) in [5.74, 6) is 0.690. The van der Waals surface area contributed by atoms with Crippen molar-refractivity contribution in [2.45, 2.75) is 39.4 Å². The number of benzene rings is 2. The second-order valence-corrected chi connectivity index (χ2v) is 11.7. The van der Waals surface area contributed by atoms with Gasteiger partial charge in [-0.05, 0) is 55.8 Å². The van der Waals surface area contributed by atoms with E-state index in [1.807, 2.05) is 29.8 Å². The van der Waals surface area contributed by atoms with Crippen molar-refractivity contribution in [3.8, 4) is 16.9 Å². The van der Waals surface area contributed by atoms with Crippen molar-refractivity contribution in [3.05, 3.63) is 87.1 Å². The third-order valence-electron chi connectivity index (χ3n) is 6.73. The number of thioether (sulfide) groups is 1. The van der Waals surface area contributed by atoms with Gasteiger partial charge in [-0.15, -0.1) is 23.1 Å². The summed E-state index contributed by atoms with van der Waals surface area (Å²) in [5.41, 5.74) is 7.09. The highest BCUT2D eigenvalue weighted by Gasteiger charge is 2.38. The number of aryl methyl sites for hydroxylation is 3. The first-order valence-corrected chi connectivity index (χ1v) is 14.8. The number of fused-ring (bicyclic) bond motifs is 1. The lowest BCUT2D eigenvalue weighted by Crippen LogP contribution is -2.42. The van der Waals surface area contributed by atoms with Crippen molar-refractivity contribution in [1.82, 2.24) is 15.1 Å². The molecule has 38 heavy (non-hydrogen) atoms. The number of carbonyl (C=O) groups excluding carboxylic acids is 2. The molecule has 1 aliphatic rings. The molecule has 196 valence electrons. The van der Waals surface area contributed by atoms with Crippen LogP contribution in [0.15, 0.2) is 60.0 Å². The maximum Gasteiger partial charge on any atom is 0.240 e. The largest absolute Gasteiger partial charge is 0.355 e. The molecule has 0 fully saturated rings. The third-order valence-corrected chi connectivity index (χ3v) is 9.18. The molecular formula is C30H32N4O2S2. The van der Waals surface area contributed by atoms with Gasteiger partial charge in [0.1, 0.15) is 12.4 Å². The molecule has 2 aromatic carbocycles. The number of carbonyl (C=O) groups is 2. The van der Waals surface area contributed by atoms with E-state index >= 15 is 0 Å². The maximum atomic E-state index is 13.7. The molecule has 1 N–H and O–H groups in total. The van der Waals surface area contributed by atoms with E-state index in [-0.39, 0.29) is 29.4 Å². The molecule has 0 saturated carbocycles. The minimum absolute atomic E-state index is 0.0482. The first-order valence-electron chi connectivity index (χ1n) is 12.9. The summed E-state index contributed by atoms with van der Waals surface area (Å²) in [6.07, 6.45) is 0.833. The van der Waals surface area contributed by atoms with Gasteiger partial charge < -0.3 is 5.32 Å². The summed E-state index contributed by atoms with van der Waals surface area (Å²) in [6.45, 7) is 8.78. The highest BCUT2D eigenvalue weighted by Crippen LogP contribution is 2.50. The molecule has 4 aromatic rings. The second-order valence-electron chi connectivity index (χ2n) is 9.64. The zero-order valence-electron chi connectivity index (χ0n) is 22.2. The Morgan fingerprint density at radius 1 is 1.08 bits per heavy atom. The normalized spacial score (nSPS) is 15.3. The highest BCUT2D eigenvalue weighted by atomic mass is 32.2. The van der Waals surface area contributed by atoms with Gasteiger partial charge >= 0.3 is 0 Å². The van der Waals surface area contributed by atoms with E-state index < -0.39 is 0 Å². The molecule has 0 spiro atoms. The number of anilines is 1. The van der Waals surface area contributed by atoms with E-state index in [2.05, 4.69) is 67.9 Å². The fraction of sp³-hybridized carbons (Fsp3) is 0.300. The first-order chi connectivity index (χ1) is 18.4. The Morgan fingerprint density at radius 2 is 1.87 bits per heavy atom. The number of nitrogens with zero attached hydrogens (tertiary/aromatic N) is 3. The number of nitrogens with one attached hydrogen (secondary N) is 1. The maximum absolute atomic E-state index is 13.7. The molecule has 3 heterocycles. The summed E-state index contributed by atoms with van der Waals surface area (Å²) < 4.78 is 1.89. The first kappa shape index (κ1) is 26.3. The van der Waals surface area contributed by atoms with E-state index in [1.54, 1.807) is 28.0 Å². The van der Waals surface area contributed by atoms with Gasteiger partial charge in [-0.25, -0.2) is 4.68 Å². The molecule has 0 bridgehead atoms. The van der Waals surface area contributed by atoms with Gasteiger partial charge in [0.15, 0.2) is 0 Å². The fourth-order valence-electron chi connectivity index (χ4n) is 4.86. The molecule has 0 aliphatic carbocycles. The second kappa shape index (κ2) is 11.2. The van der Waals surface area contributed by atoms with Crippen LogP contribution in [0.2, 0.25) is 0 Å². The predicted octanol–water partition coefficient (Wildman–Crippen LogP) is 6.22. The molecule has 1 aliphatic heterocycles. The Morgan fingerprint density at radius 3 is 2.55 bits per heavy atom. The number of hydrogen-bond donors (Lipinski definition) is 1. The van der Waals surface area contributed by atoms with Gasteiger partial charge in [0.05, 0.1) is 22.4 Å². The lowest BCUT2D eigenvalue weighted by atomic mass is 10.0. The van der Waals surface area contributed by atoms with Crippen molar-refractivity contribution in [3.63, 3.8) is 0 Å². The molecule has 1 atom stereocenters. The Labute approximate surface area is 232 Å². The van der Waals surface area contributed by atoms with Crippen LogP contribution in [0.1, 0.15) is 45.7 Å². The van der Waals surface area contributed by atoms with E-state index in [0.717, 1.165) is 40.1 Å². The summed E-state index contributed by atoms with van der Waals surface area (Å²) in [6, 6.07) is 18.5. The lowest BCUT2D eigenvalue weighted by molar-refractivity contribution is -0.122. The third kappa shape index (κ3) is 5.02. The summed E-state index contributed by atoms with van der Waals surface area (Å²) in [4.78, 5) is 29.6. The molecular weight excluding hydrogens is 512 g/mol. The van der Waals surface area contributed by atoms with Gasteiger partial charge in [0.25, 0.3) is 0 Å². The lowest BCUT2D eigenvalue weighted by Gasteiger charge is -2.23. The minimum Gasteiger partial charge on any atom is -0.355 e. The highest BCUT2D eigenvalue weighted by molar-refractivity contribution is 8.00. The zero-order valence-corrected chi connectivity index (χ0v) is 23.8. The van der Waals surface area contributed by atoms with Crippen LogP contribution in [-0.4, -0.2) is 40.4 Å². The van der Waals surface area contributed by atoms with Crippen LogP contribution in [0.3, 0.4) is 0 Å². The number of rotatable bonds is 7. The summed E-state index contributed by atoms with van der Waals surface area (Å²) >= 11 is 3.32. The van der Waals surface area contributed by atoms with Gasteiger partial charge in [-0.2, -0.15) is 5.10 Å². The fourth-order valence-corrected chi connectivity index (χ4v) is 7.33. The van der Waals surface area contributed by atoms with Crippen molar-refractivity contribution < 1.29 is 9.59 Å². The van der Waals surface area contributed by atoms with Crippen molar-refractivity contribution in [2.24, 2.45) is 0 Å². The molecule has 2 aromatic heterocycles. The topological polar surface area (TPSA) is 67.2 Å². The molecule has 0 saturated heterocycles. The van der Waals surface area contributed by atoms with Gasteiger partial charge in [-0.3, -0.25) is 14.5 Å². The van der Waals surface area contributed by atoms with Gasteiger partial charge in [0, 0.05) is 22.5 Å². The molecule has 6 nitrogen and oxygen atoms in total. The van der Waals surface area contributed by atoms with Crippen LogP contribution in [0.4, 0.5) is 5.82 Å². The summed E-state index contributed by atoms with van der Waals surface area (Å²) in [7, 11) is 0. The molecule has 0 unspecified atom stereocenters. The van der Waals surface area contributed by atoms with Crippen molar-refractivity contribution in [1.29, 1.82) is 0 Å². The molecule has 5 rings (SSSR count). The average Bonchev–Trinajstić information content (AvgIpc) is 3.47. The van der Waals surface area contributed by atoms with Crippen LogP contribution in [0.25, 0.3) is 16.9 Å². The molecule has 0 radical (unpaired) electrons. The van der Waals surface area contributed by atoms with Gasteiger partial charge in [0.2, 0.25) is 11.8 Å². The average molecular weight is 545 g/mol. The van der Waals surface area contributed by atoms with E-state index in [0.29, 0.717) is 12.4 Å². The van der Waals surface area contributed by atoms with Crippen LogP contribution >= 0.6 is 23.1 Å². The van der Waals surface area contributed by atoms with Crippen LogP contribution in [0, 0.1) is 20.8 Å². The predicted molar refractivity (Wildman–Crippen MR) is 157 cm³/mol. The van der Waals surface area contributed by atoms with Crippen LogP contribution in [0.5, 0.6) is 0 Å². The van der Waals surface area contributed by atoms with Crippen molar-refractivity contribution >= 4 is 40.7 Å². The van der Waals surface area contributed by atoms with Gasteiger partial charge in [-0.1, -0.05) is 55.0 Å². The Hall–Kier alpha value is -3.36. The standard InChI is InChI=1S/C30H32N4O2S2/c1-5-14-31-24(35)17-33-25(36)18-38-29(28-20(3)13-15-37-28)26-27(22-9-7-6-8-10-22)32-34(30(26)33)23-12-11-19(2)16-21(23)4/h6-13,15-16,29H,5,14,17-18H2,1-4H3,(H,31,35)/t29-/m1/s1. The Bertz CT molecular complexity index is 1470. The van der Waals surface area contributed by atoms with E-state index in [1.165, 1.54) is 10.4 Å². The Balaban J connectivity index is 1.81. The van der Waals surface area contributed by atoms with E-state index in [4.69, 9.17) is 5.10 Å². The van der Waals surface area contributed by atoms with Crippen molar-refractivity contribution in [2.75, 3.05) is 23.7 Å². The summed E-state index contributed by atoms with van der Waals surface area (Å²) in [5, 5.41) is 10.2. The Kier molecular flexibility index (Phi) is 7.72. The molecule has 8 heteroatoms. The quantitative estimate of drug-likeness (QED) is 0.300.